The second kappa shape index (κ2) is 40.7. The van der Waals surface area contributed by atoms with Crippen molar-refractivity contribution in [2.45, 2.75) is 182 Å². The van der Waals surface area contributed by atoms with E-state index in [1.807, 2.05) is 6.92 Å². The monoisotopic (exact) mass is 1410 g/mol. The first-order chi connectivity index (χ1) is 45.2. The second-order valence-corrected chi connectivity index (χ2v) is 38.0. The van der Waals surface area contributed by atoms with Gasteiger partial charge in [0, 0.05) is 74.2 Å². The summed E-state index contributed by atoms with van der Waals surface area (Å²) in [4.78, 5) is 125. The van der Waals surface area contributed by atoms with E-state index < -0.39 is 152 Å². The minimum atomic E-state index is -2.08. The van der Waals surface area contributed by atoms with Crippen molar-refractivity contribution < 1.29 is 109 Å². The van der Waals surface area contributed by atoms with Gasteiger partial charge < -0.3 is 76.9 Å². The van der Waals surface area contributed by atoms with Gasteiger partial charge in [-0.1, -0.05) is 74.1 Å². The lowest BCUT2D eigenvalue weighted by Crippen LogP contribution is -2.55. The Labute approximate surface area is 575 Å². The van der Waals surface area contributed by atoms with Crippen molar-refractivity contribution >= 4 is 76.7 Å². The first-order valence-corrected chi connectivity index (χ1v) is 39.1. The van der Waals surface area contributed by atoms with Crippen LogP contribution in [-0.4, -0.2) is 186 Å². The van der Waals surface area contributed by atoms with Crippen LogP contribution >= 0.6 is 0 Å². The van der Waals surface area contributed by atoms with Crippen LogP contribution in [0.15, 0.2) is 75.9 Å². The molecule has 3 amide bonds. The normalized spacial score (nSPS) is 19.6. The molecule has 0 aromatic heterocycles. The van der Waals surface area contributed by atoms with Crippen LogP contribution in [0.3, 0.4) is 0 Å². The highest BCUT2D eigenvalue weighted by atomic mass is 28.4. The number of hydrogen-bond acceptors (Lipinski definition) is 23. The number of amides is 3. The molecule has 2 aliphatic carbocycles. The smallest absolute Gasteiger partial charge is 0.407 e. The summed E-state index contributed by atoms with van der Waals surface area (Å²) >= 11 is 0. The Morgan fingerprint density at radius 2 is 0.876 bits per heavy atom. The molecule has 2 saturated carbocycles. The van der Waals surface area contributed by atoms with Gasteiger partial charge in [0.2, 0.25) is 0 Å². The highest BCUT2D eigenvalue weighted by molar-refractivity contribution is 6.84. The number of ether oxygens (including phenoxy) is 12. The highest BCUT2D eigenvalue weighted by Gasteiger charge is 2.46. The average Bonchev–Trinajstić information content (AvgIpc) is 0.805. The maximum atomic E-state index is 13.5. The molecule has 0 radical (unpaired) electrons. The third-order valence-electron chi connectivity index (χ3n) is 16.3. The van der Waals surface area contributed by atoms with E-state index in [-0.39, 0.29) is 60.4 Å². The van der Waals surface area contributed by atoms with Crippen LogP contribution in [0.1, 0.15) is 120 Å². The number of carbonyl (C=O) groups excluding carboxylic acids is 10. The van der Waals surface area contributed by atoms with Gasteiger partial charge in [-0.2, -0.15) is 0 Å². The van der Waals surface area contributed by atoms with Gasteiger partial charge in [-0.3, -0.25) is 4.79 Å². The molecule has 0 spiro atoms. The fourth-order valence-corrected chi connectivity index (χ4v) is 21.5. The van der Waals surface area contributed by atoms with Crippen molar-refractivity contribution in [1.29, 1.82) is 0 Å². The maximum Gasteiger partial charge on any atom is 0.407 e. The minimum absolute atomic E-state index is 0.0608. The van der Waals surface area contributed by atoms with Gasteiger partial charge >= 0.3 is 60.1 Å². The number of hydrogen-bond donors (Lipinski definition) is 3. The van der Waals surface area contributed by atoms with E-state index in [1.165, 1.54) is 0 Å². The maximum absolute atomic E-state index is 13.5. The summed E-state index contributed by atoms with van der Waals surface area (Å²) in [5, 5.41) is 8.78. The van der Waals surface area contributed by atoms with Crippen LogP contribution in [0, 0.1) is 33.0 Å². The van der Waals surface area contributed by atoms with E-state index in [2.05, 4.69) is 116 Å². The van der Waals surface area contributed by atoms with E-state index in [4.69, 9.17) is 61.0 Å². The van der Waals surface area contributed by atoms with Gasteiger partial charge in [-0.05, 0) is 139 Å². The summed E-state index contributed by atoms with van der Waals surface area (Å²) < 4.78 is 72.8. The molecule has 28 heteroatoms. The van der Waals surface area contributed by atoms with Crippen LogP contribution in [-0.2, 0) is 94.5 Å². The minimum Gasteiger partial charge on any atom is -0.462 e. The third kappa shape index (κ3) is 35.8. The molecule has 0 bridgehead atoms. The zero-order chi connectivity index (χ0) is 73.3. The number of alkyl carbamates (subject to hydrolysis) is 3. The van der Waals surface area contributed by atoms with Crippen molar-refractivity contribution in [1.82, 2.24) is 16.0 Å². The lowest BCUT2D eigenvalue weighted by Gasteiger charge is -2.47. The predicted octanol–water partition coefficient (Wildman–Crippen LogP) is 10.0. The highest BCUT2D eigenvalue weighted by Crippen LogP contribution is 2.49. The fourth-order valence-electron chi connectivity index (χ4n) is 12.7. The molecule has 3 N–H and O–H groups in total. The summed E-state index contributed by atoms with van der Waals surface area (Å²) in [6, 6.07) is 1.41. The Morgan fingerprint density at radius 3 is 1.29 bits per heavy atom. The molecule has 0 saturated heterocycles. The molecule has 2 aliphatic rings. The Kier molecular flexibility index (Phi) is 36.0. The van der Waals surface area contributed by atoms with E-state index >= 15 is 0 Å². The zero-order valence-corrected chi connectivity index (χ0v) is 61.6. The number of esters is 7. The summed E-state index contributed by atoms with van der Waals surface area (Å²) in [6.45, 7) is 42.8. The van der Waals surface area contributed by atoms with Crippen LogP contribution in [0.2, 0.25) is 38.3 Å². The molecule has 0 aromatic carbocycles. The number of rotatable bonds is 45. The standard InChI is InChI=1S/C69H111N3O23Si2/c1-19-54(73)85-42-68(43-86-55(74)20-2,44-87-56(75)21-3)48-91-62(81)71-53-35-65(11,12)40-66(13,36-53)28-27-60(79)93-50(7)38-83-29-25-31-96(15,16)95-97(17,18)32-26-30-84-39-51(8)94-61(80)70-37-52-33-64(9,10)41-67(14,34-52)72-63(82)92-49-69(45-88-57(76)22-4,46-89-58(77)23-5)47-90-59(78)24-6/h19-24,50-53H,1-6,25-49H2,7-18H3,(H,70,80)(H,71,81)(H,72,82). The molecule has 2 rings (SSSR count). The quantitative estimate of drug-likeness (QED) is 0.0168. The van der Waals surface area contributed by atoms with Crippen molar-refractivity contribution in [3.8, 4) is 0 Å². The lowest BCUT2D eigenvalue weighted by atomic mass is 9.61. The molecule has 97 heavy (non-hydrogen) atoms. The molecule has 548 valence electrons. The Morgan fingerprint density at radius 1 is 0.495 bits per heavy atom. The number of nitrogens with one attached hydrogen (secondary N) is 3. The van der Waals surface area contributed by atoms with Crippen molar-refractivity contribution in [2.24, 2.45) is 33.0 Å². The summed E-state index contributed by atoms with van der Waals surface area (Å²) in [6.07, 6.45) is 8.29. The molecule has 26 nitrogen and oxygen atoms in total. The average molecular weight is 1410 g/mol. The van der Waals surface area contributed by atoms with Crippen LogP contribution < -0.4 is 16.0 Å². The van der Waals surface area contributed by atoms with E-state index in [1.54, 1.807) is 13.8 Å². The zero-order valence-electron chi connectivity index (χ0n) is 59.6. The van der Waals surface area contributed by atoms with Gasteiger partial charge in [0.1, 0.15) is 75.9 Å². The van der Waals surface area contributed by atoms with Crippen LogP contribution in [0.4, 0.5) is 14.4 Å². The van der Waals surface area contributed by atoms with Crippen molar-refractivity contribution in [2.75, 3.05) is 85.8 Å². The van der Waals surface area contributed by atoms with Crippen LogP contribution in [0.5, 0.6) is 0 Å². The Balaban J connectivity index is 1.79. The summed E-state index contributed by atoms with van der Waals surface area (Å²) in [5.74, 6) is -5.25. The molecule has 6 unspecified atom stereocenters. The van der Waals surface area contributed by atoms with E-state index in [0.29, 0.717) is 45.3 Å². The molecule has 0 aliphatic heterocycles. The Bertz CT molecular complexity index is 2600. The van der Waals surface area contributed by atoms with Gasteiger partial charge in [-0.15, -0.1) is 0 Å². The van der Waals surface area contributed by atoms with E-state index in [0.717, 1.165) is 74.2 Å². The summed E-state index contributed by atoms with van der Waals surface area (Å²) in [7, 11) is -4.16. The predicted molar refractivity (Wildman–Crippen MR) is 365 cm³/mol. The topological polar surface area (TPSA) is 327 Å². The molecular formula is C69H111N3O23Si2. The Hall–Kier alpha value is -7.15. The first kappa shape index (κ1) is 85.9. The van der Waals surface area contributed by atoms with Crippen molar-refractivity contribution in [3.05, 3.63) is 75.9 Å². The third-order valence-corrected chi connectivity index (χ3v) is 23.8. The van der Waals surface area contributed by atoms with Gasteiger partial charge in [-0.25, -0.2) is 43.2 Å². The van der Waals surface area contributed by atoms with Crippen molar-refractivity contribution in [3.63, 3.8) is 0 Å². The SMILES string of the molecule is C=CC(=O)OCC(COC(=O)C=C)(COC(=O)C=C)COC(=O)NC1CC(C)(C)CC(C)(CCC(=O)OC(C)COCCC[Si](C)(C)O[Si](C)(C)CCCOCC(C)OC(=O)NCC2CC(C)(C)CC(C)(NC(=O)OCC(COC(=O)C=C)(COC(=O)C=C)COC(=O)C=C)C2)C1. The lowest BCUT2D eigenvalue weighted by molar-refractivity contribution is -0.161. The summed E-state index contributed by atoms with van der Waals surface area (Å²) in [5.41, 5.74) is -4.62. The molecule has 2 fully saturated rings. The molecule has 6 atom stereocenters. The number of carbonyl (C=O) groups is 10. The van der Waals surface area contributed by atoms with Gasteiger partial charge in [0.15, 0.2) is 16.6 Å². The largest absolute Gasteiger partial charge is 0.462 e. The fraction of sp³-hybridized carbons (Fsp3) is 0.681. The first-order valence-electron chi connectivity index (χ1n) is 32.8. The molecular weight excluding hydrogens is 1290 g/mol. The van der Waals surface area contributed by atoms with Gasteiger partial charge in [0.05, 0.1) is 13.2 Å². The molecule has 0 aromatic rings. The second-order valence-electron chi connectivity index (χ2n) is 29.1. The van der Waals surface area contributed by atoms with Gasteiger partial charge in [0.25, 0.3) is 0 Å². The van der Waals surface area contributed by atoms with E-state index in [9.17, 15) is 47.9 Å². The molecule has 0 heterocycles. The van der Waals surface area contributed by atoms with Crippen LogP contribution in [0.25, 0.3) is 0 Å².